The summed E-state index contributed by atoms with van der Waals surface area (Å²) in [4.78, 5) is 26.3. The van der Waals surface area contributed by atoms with Crippen LogP contribution in [0.15, 0.2) is 18.2 Å². The second-order valence-corrected chi connectivity index (χ2v) is 5.98. The van der Waals surface area contributed by atoms with Crippen LogP contribution in [0.1, 0.15) is 36.5 Å². The van der Waals surface area contributed by atoms with Crippen molar-refractivity contribution in [3.8, 4) is 0 Å². The van der Waals surface area contributed by atoms with E-state index in [1.54, 1.807) is 23.1 Å². The average molecular weight is 329 g/mol. The van der Waals surface area contributed by atoms with Crippen LogP contribution in [0.4, 0.5) is 0 Å². The molecule has 4 nitrogen and oxygen atoms in total. The Hall–Kier alpha value is -1.26. The predicted molar refractivity (Wildman–Crippen MR) is 83.8 cm³/mol. The summed E-state index contributed by atoms with van der Waals surface area (Å²) in [5.41, 5.74) is 0.419. The zero-order chi connectivity index (χ0) is 15.4. The second-order valence-electron chi connectivity index (χ2n) is 5.11. The summed E-state index contributed by atoms with van der Waals surface area (Å²) >= 11 is 11.9. The molecule has 1 unspecified atom stereocenters. The minimum absolute atomic E-state index is 0.0872. The molecule has 1 N–H and O–H groups in total. The molecule has 2 amide bonds. The van der Waals surface area contributed by atoms with Crippen molar-refractivity contribution in [3.05, 3.63) is 33.8 Å². The Morgan fingerprint density at radius 2 is 1.95 bits per heavy atom. The maximum atomic E-state index is 12.6. The standard InChI is InChI=1S/C15H18Cl2N2O2/c1-2-5-18-14(20)13-4-3-6-19(13)15(21)10-7-11(16)9-12(17)8-10/h7-9,13H,2-6H2,1H3,(H,18,20). The summed E-state index contributed by atoms with van der Waals surface area (Å²) in [6.45, 7) is 3.19. The van der Waals surface area contributed by atoms with Crippen molar-refractivity contribution in [1.82, 2.24) is 10.2 Å². The van der Waals surface area contributed by atoms with Crippen LogP contribution in [0, 0.1) is 0 Å². The number of rotatable bonds is 4. The number of carbonyl (C=O) groups is 2. The molecule has 0 spiro atoms. The molecule has 1 aromatic carbocycles. The Balaban J connectivity index is 2.15. The Morgan fingerprint density at radius 1 is 1.29 bits per heavy atom. The molecule has 1 saturated heterocycles. The van der Waals surface area contributed by atoms with Crippen molar-refractivity contribution in [2.24, 2.45) is 0 Å². The summed E-state index contributed by atoms with van der Waals surface area (Å²) in [7, 11) is 0. The molecule has 0 radical (unpaired) electrons. The first-order valence-electron chi connectivity index (χ1n) is 7.07. The van der Waals surface area contributed by atoms with Gasteiger partial charge in [0.15, 0.2) is 0 Å². The molecular weight excluding hydrogens is 311 g/mol. The molecule has 1 heterocycles. The monoisotopic (exact) mass is 328 g/mol. The first-order valence-corrected chi connectivity index (χ1v) is 7.83. The third-order valence-corrected chi connectivity index (χ3v) is 3.91. The molecule has 1 aromatic rings. The van der Waals surface area contributed by atoms with Crippen molar-refractivity contribution >= 4 is 35.0 Å². The van der Waals surface area contributed by atoms with E-state index < -0.39 is 6.04 Å². The topological polar surface area (TPSA) is 49.4 Å². The molecule has 1 atom stereocenters. The third-order valence-electron chi connectivity index (χ3n) is 3.48. The Morgan fingerprint density at radius 3 is 2.57 bits per heavy atom. The summed E-state index contributed by atoms with van der Waals surface area (Å²) in [6, 6.07) is 4.33. The van der Waals surface area contributed by atoms with Crippen LogP contribution in [-0.2, 0) is 4.79 Å². The minimum Gasteiger partial charge on any atom is -0.354 e. The van der Waals surface area contributed by atoms with Crippen molar-refractivity contribution in [1.29, 1.82) is 0 Å². The Labute approximate surface area is 134 Å². The number of nitrogens with one attached hydrogen (secondary N) is 1. The Bertz CT molecular complexity index is 528. The smallest absolute Gasteiger partial charge is 0.254 e. The number of amides is 2. The third kappa shape index (κ3) is 3.89. The van der Waals surface area contributed by atoms with Crippen LogP contribution in [0.25, 0.3) is 0 Å². The van der Waals surface area contributed by atoms with E-state index in [1.807, 2.05) is 6.92 Å². The molecule has 1 fully saturated rings. The van der Waals surface area contributed by atoms with Crippen LogP contribution in [0.3, 0.4) is 0 Å². The van der Waals surface area contributed by atoms with Crippen LogP contribution < -0.4 is 5.32 Å². The van der Waals surface area contributed by atoms with Crippen molar-refractivity contribution in [2.45, 2.75) is 32.2 Å². The molecule has 1 aliphatic heterocycles. The van der Waals surface area contributed by atoms with Crippen LogP contribution in [0.5, 0.6) is 0 Å². The molecule has 21 heavy (non-hydrogen) atoms. The fourth-order valence-electron chi connectivity index (χ4n) is 2.49. The predicted octanol–water partition coefficient (Wildman–Crippen LogP) is 3.12. The second kappa shape index (κ2) is 7.14. The SMILES string of the molecule is CCCNC(=O)C1CCCN1C(=O)c1cc(Cl)cc(Cl)c1. The van der Waals surface area contributed by atoms with Crippen molar-refractivity contribution < 1.29 is 9.59 Å². The van der Waals surface area contributed by atoms with Crippen LogP contribution in [-0.4, -0.2) is 35.8 Å². The summed E-state index contributed by atoms with van der Waals surface area (Å²) < 4.78 is 0. The van der Waals surface area contributed by atoms with Gasteiger partial charge in [-0.3, -0.25) is 9.59 Å². The minimum atomic E-state index is -0.401. The summed E-state index contributed by atoms with van der Waals surface area (Å²) in [5.74, 6) is -0.288. The zero-order valence-electron chi connectivity index (χ0n) is 11.9. The molecule has 6 heteroatoms. The van der Waals surface area contributed by atoms with Crippen molar-refractivity contribution in [3.63, 3.8) is 0 Å². The van der Waals surface area contributed by atoms with Crippen LogP contribution >= 0.6 is 23.2 Å². The summed E-state index contributed by atoms with van der Waals surface area (Å²) in [6.07, 6.45) is 2.39. The molecule has 2 rings (SSSR count). The number of nitrogens with zero attached hydrogens (tertiary/aromatic N) is 1. The molecule has 1 aliphatic rings. The van der Waals surface area contributed by atoms with Gasteiger partial charge in [-0.1, -0.05) is 30.1 Å². The van der Waals surface area contributed by atoms with Gasteiger partial charge in [0.1, 0.15) is 6.04 Å². The van der Waals surface area contributed by atoms with E-state index in [0.29, 0.717) is 35.1 Å². The lowest BCUT2D eigenvalue weighted by Crippen LogP contribution is -2.46. The highest BCUT2D eigenvalue weighted by atomic mass is 35.5. The first-order chi connectivity index (χ1) is 10.0. The maximum Gasteiger partial charge on any atom is 0.254 e. The van der Waals surface area contributed by atoms with Gasteiger partial charge >= 0.3 is 0 Å². The lowest BCUT2D eigenvalue weighted by molar-refractivity contribution is -0.124. The fraction of sp³-hybridized carbons (Fsp3) is 0.467. The van der Waals surface area contributed by atoms with Gasteiger partial charge in [-0.15, -0.1) is 0 Å². The van der Waals surface area contributed by atoms with Gasteiger partial charge in [0, 0.05) is 28.7 Å². The average Bonchev–Trinajstić information content (AvgIpc) is 2.92. The van der Waals surface area contributed by atoms with E-state index in [0.717, 1.165) is 12.8 Å². The molecule has 0 bridgehead atoms. The largest absolute Gasteiger partial charge is 0.354 e. The highest BCUT2D eigenvalue weighted by Gasteiger charge is 2.34. The quantitative estimate of drug-likeness (QED) is 0.923. The number of hydrogen-bond acceptors (Lipinski definition) is 2. The Kier molecular flexibility index (Phi) is 5.48. The molecule has 0 saturated carbocycles. The lowest BCUT2D eigenvalue weighted by Gasteiger charge is -2.24. The van der Waals surface area contributed by atoms with Gasteiger partial charge in [0.2, 0.25) is 5.91 Å². The van der Waals surface area contributed by atoms with Gasteiger partial charge < -0.3 is 10.2 Å². The van der Waals surface area contributed by atoms with E-state index >= 15 is 0 Å². The normalized spacial score (nSPS) is 17.9. The van der Waals surface area contributed by atoms with E-state index in [4.69, 9.17) is 23.2 Å². The number of hydrogen-bond donors (Lipinski definition) is 1. The number of halogens is 2. The van der Waals surface area contributed by atoms with E-state index in [9.17, 15) is 9.59 Å². The lowest BCUT2D eigenvalue weighted by atomic mass is 10.1. The first kappa shape index (κ1) is 16.1. The molecule has 0 aromatic heterocycles. The van der Waals surface area contributed by atoms with Crippen LogP contribution in [0.2, 0.25) is 10.0 Å². The fourth-order valence-corrected chi connectivity index (χ4v) is 3.02. The van der Waals surface area contributed by atoms with Gasteiger partial charge in [0.05, 0.1) is 0 Å². The van der Waals surface area contributed by atoms with Gasteiger partial charge in [-0.25, -0.2) is 0 Å². The van der Waals surface area contributed by atoms with Gasteiger partial charge in [-0.05, 0) is 37.5 Å². The highest BCUT2D eigenvalue weighted by Crippen LogP contribution is 2.24. The highest BCUT2D eigenvalue weighted by molar-refractivity contribution is 6.35. The zero-order valence-corrected chi connectivity index (χ0v) is 13.4. The number of likely N-dealkylation sites (tertiary alicyclic amines) is 1. The maximum absolute atomic E-state index is 12.6. The number of carbonyl (C=O) groups excluding carboxylic acids is 2. The van der Waals surface area contributed by atoms with E-state index in [2.05, 4.69) is 5.32 Å². The molecule has 0 aliphatic carbocycles. The summed E-state index contributed by atoms with van der Waals surface area (Å²) in [5, 5.41) is 3.68. The van der Waals surface area contributed by atoms with Gasteiger partial charge in [0.25, 0.3) is 5.91 Å². The molecular formula is C15H18Cl2N2O2. The van der Waals surface area contributed by atoms with Gasteiger partial charge in [-0.2, -0.15) is 0 Å². The number of benzene rings is 1. The van der Waals surface area contributed by atoms with E-state index in [-0.39, 0.29) is 11.8 Å². The van der Waals surface area contributed by atoms with E-state index in [1.165, 1.54) is 0 Å². The van der Waals surface area contributed by atoms with Crippen molar-refractivity contribution in [2.75, 3.05) is 13.1 Å². The molecule has 114 valence electrons.